The van der Waals surface area contributed by atoms with E-state index in [-0.39, 0.29) is 11.5 Å². The number of nitrogens with zero attached hydrogens (tertiary/aromatic N) is 2. The second kappa shape index (κ2) is 5.83. The highest BCUT2D eigenvalue weighted by atomic mass is 16.1. The number of aryl methyl sites for hydroxylation is 2. The minimum absolute atomic E-state index is 0.0483. The SMILES string of the molecule is Cc1cc(=O)n(CCc2ccccc2)c(C(C)C)n1. The molecule has 1 heterocycles. The first-order valence-corrected chi connectivity index (χ1v) is 6.70. The molecular weight excluding hydrogens is 236 g/mol. The summed E-state index contributed by atoms with van der Waals surface area (Å²) in [7, 11) is 0. The molecule has 3 heteroatoms. The van der Waals surface area contributed by atoms with Gasteiger partial charge in [-0.3, -0.25) is 9.36 Å². The first-order chi connectivity index (χ1) is 9.08. The van der Waals surface area contributed by atoms with Crippen molar-refractivity contribution >= 4 is 0 Å². The van der Waals surface area contributed by atoms with Crippen LogP contribution in [0.5, 0.6) is 0 Å². The summed E-state index contributed by atoms with van der Waals surface area (Å²) in [5.41, 5.74) is 2.08. The molecule has 19 heavy (non-hydrogen) atoms. The van der Waals surface area contributed by atoms with Gasteiger partial charge >= 0.3 is 0 Å². The van der Waals surface area contributed by atoms with Crippen molar-refractivity contribution in [2.75, 3.05) is 0 Å². The molecule has 0 atom stereocenters. The predicted octanol–water partition coefficient (Wildman–Crippen LogP) is 2.92. The van der Waals surface area contributed by atoms with E-state index in [1.165, 1.54) is 5.56 Å². The van der Waals surface area contributed by atoms with Gasteiger partial charge in [0.25, 0.3) is 5.56 Å². The largest absolute Gasteiger partial charge is 0.296 e. The molecule has 0 aliphatic rings. The highest BCUT2D eigenvalue weighted by Crippen LogP contribution is 2.11. The molecule has 0 spiro atoms. The van der Waals surface area contributed by atoms with E-state index in [9.17, 15) is 4.79 Å². The van der Waals surface area contributed by atoms with Crippen LogP contribution in [-0.2, 0) is 13.0 Å². The lowest BCUT2D eigenvalue weighted by molar-refractivity contribution is 0.577. The zero-order valence-electron chi connectivity index (χ0n) is 11.8. The topological polar surface area (TPSA) is 34.9 Å². The summed E-state index contributed by atoms with van der Waals surface area (Å²) < 4.78 is 1.80. The summed E-state index contributed by atoms with van der Waals surface area (Å²) in [4.78, 5) is 16.6. The highest BCUT2D eigenvalue weighted by Gasteiger charge is 2.10. The lowest BCUT2D eigenvalue weighted by Gasteiger charge is -2.15. The number of hydrogen-bond acceptors (Lipinski definition) is 2. The van der Waals surface area contributed by atoms with E-state index >= 15 is 0 Å². The van der Waals surface area contributed by atoms with Gasteiger partial charge < -0.3 is 0 Å². The van der Waals surface area contributed by atoms with Gasteiger partial charge in [-0.25, -0.2) is 4.98 Å². The maximum Gasteiger partial charge on any atom is 0.253 e. The maximum absolute atomic E-state index is 12.1. The van der Waals surface area contributed by atoms with E-state index < -0.39 is 0 Å². The lowest BCUT2D eigenvalue weighted by atomic mass is 10.1. The van der Waals surface area contributed by atoms with Crippen LogP contribution in [0.2, 0.25) is 0 Å². The molecule has 0 amide bonds. The Balaban J connectivity index is 2.27. The van der Waals surface area contributed by atoms with Gasteiger partial charge in [-0.05, 0) is 18.9 Å². The first kappa shape index (κ1) is 13.5. The van der Waals surface area contributed by atoms with Crippen molar-refractivity contribution in [1.82, 2.24) is 9.55 Å². The predicted molar refractivity (Wildman–Crippen MR) is 77.5 cm³/mol. The van der Waals surface area contributed by atoms with E-state index in [0.29, 0.717) is 6.54 Å². The standard InChI is InChI=1S/C16H20N2O/c1-12(2)16-17-13(3)11-15(19)18(16)10-9-14-7-5-4-6-8-14/h4-8,11-12H,9-10H2,1-3H3. The van der Waals surface area contributed by atoms with Crippen molar-refractivity contribution in [3.05, 3.63) is 63.8 Å². The first-order valence-electron chi connectivity index (χ1n) is 6.70. The average molecular weight is 256 g/mol. The molecule has 0 N–H and O–H groups in total. The van der Waals surface area contributed by atoms with Crippen molar-refractivity contribution in [3.8, 4) is 0 Å². The minimum atomic E-state index is 0.0483. The normalized spacial score (nSPS) is 10.9. The Hall–Kier alpha value is -1.90. The van der Waals surface area contributed by atoms with Gasteiger partial charge in [0.1, 0.15) is 5.82 Å². The zero-order valence-corrected chi connectivity index (χ0v) is 11.8. The summed E-state index contributed by atoms with van der Waals surface area (Å²) in [6.45, 7) is 6.69. The van der Waals surface area contributed by atoms with Crippen molar-refractivity contribution in [2.24, 2.45) is 0 Å². The minimum Gasteiger partial charge on any atom is -0.296 e. The number of benzene rings is 1. The van der Waals surface area contributed by atoms with Gasteiger partial charge in [-0.15, -0.1) is 0 Å². The molecule has 1 aromatic heterocycles. The highest BCUT2D eigenvalue weighted by molar-refractivity contribution is 5.15. The third kappa shape index (κ3) is 3.31. The van der Waals surface area contributed by atoms with Crippen molar-refractivity contribution in [1.29, 1.82) is 0 Å². The van der Waals surface area contributed by atoms with Gasteiger partial charge in [0, 0.05) is 24.2 Å². The van der Waals surface area contributed by atoms with Crippen molar-refractivity contribution in [2.45, 2.75) is 39.7 Å². The Kier molecular flexibility index (Phi) is 4.15. The second-order valence-corrected chi connectivity index (χ2v) is 5.14. The molecule has 0 radical (unpaired) electrons. The van der Waals surface area contributed by atoms with Crippen molar-refractivity contribution in [3.63, 3.8) is 0 Å². The van der Waals surface area contributed by atoms with Gasteiger partial charge in [0.05, 0.1) is 0 Å². The monoisotopic (exact) mass is 256 g/mol. The molecular formula is C16H20N2O. The molecule has 100 valence electrons. The summed E-state index contributed by atoms with van der Waals surface area (Å²) in [6.07, 6.45) is 0.852. The van der Waals surface area contributed by atoms with Crippen LogP contribution in [0.15, 0.2) is 41.2 Å². The molecule has 2 aromatic rings. The van der Waals surface area contributed by atoms with Crippen LogP contribution in [0.1, 0.15) is 36.8 Å². The fourth-order valence-corrected chi connectivity index (χ4v) is 2.19. The molecule has 0 bridgehead atoms. The van der Waals surface area contributed by atoms with E-state index in [4.69, 9.17) is 0 Å². The lowest BCUT2D eigenvalue weighted by Crippen LogP contribution is -2.26. The van der Waals surface area contributed by atoms with Crippen LogP contribution in [0.3, 0.4) is 0 Å². The van der Waals surface area contributed by atoms with Crippen LogP contribution in [0.25, 0.3) is 0 Å². The van der Waals surface area contributed by atoms with Crippen molar-refractivity contribution < 1.29 is 0 Å². The Morgan fingerprint density at radius 2 is 1.89 bits per heavy atom. The fraction of sp³-hybridized carbons (Fsp3) is 0.375. The molecule has 0 saturated carbocycles. The molecule has 0 fully saturated rings. The molecule has 1 aromatic carbocycles. The number of rotatable bonds is 4. The summed E-state index contributed by atoms with van der Waals surface area (Å²) in [5.74, 6) is 1.13. The fourth-order valence-electron chi connectivity index (χ4n) is 2.19. The molecule has 3 nitrogen and oxygen atoms in total. The summed E-state index contributed by atoms with van der Waals surface area (Å²) in [5, 5.41) is 0. The van der Waals surface area contributed by atoms with Crippen LogP contribution >= 0.6 is 0 Å². The Morgan fingerprint density at radius 1 is 1.21 bits per heavy atom. The van der Waals surface area contributed by atoms with Gasteiger partial charge in [0.2, 0.25) is 0 Å². The van der Waals surface area contributed by atoms with E-state index in [2.05, 4.69) is 31.0 Å². The van der Waals surface area contributed by atoms with Crippen LogP contribution < -0.4 is 5.56 Å². The van der Waals surface area contributed by atoms with Gasteiger partial charge in [-0.2, -0.15) is 0 Å². The zero-order chi connectivity index (χ0) is 13.8. The van der Waals surface area contributed by atoms with Crippen LogP contribution in [0.4, 0.5) is 0 Å². The quantitative estimate of drug-likeness (QED) is 0.843. The average Bonchev–Trinajstić information content (AvgIpc) is 2.38. The third-order valence-corrected chi connectivity index (χ3v) is 3.15. The third-order valence-electron chi connectivity index (χ3n) is 3.15. The summed E-state index contributed by atoms with van der Waals surface area (Å²) in [6, 6.07) is 11.8. The molecule has 0 aliphatic heterocycles. The number of aromatic nitrogens is 2. The van der Waals surface area contributed by atoms with E-state index in [0.717, 1.165) is 17.9 Å². The Morgan fingerprint density at radius 3 is 2.53 bits per heavy atom. The second-order valence-electron chi connectivity index (χ2n) is 5.14. The molecule has 0 aliphatic carbocycles. The van der Waals surface area contributed by atoms with E-state index in [1.54, 1.807) is 10.6 Å². The number of hydrogen-bond donors (Lipinski definition) is 0. The van der Waals surface area contributed by atoms with Gasteiger partial charge in [0.15, 0.2) is 0 Å². The molecule has 0 saturated heterocycles. The molecule has 2 rings (SSSR count). The summed E-state index contributed by atoms with van der Waals surface area (Å²) >= 11 is 0. The molecule has 0 unspecified atom stereocenters. The maximum atomic E-state index is 12.1. The van der Waals surface area contributed by atoms with Crippen LogP contribution in [-0.4, -0.2) is 9.55 Å². The van der Waals surface area contributed by atoms with Gasteiger partial charge in [-0.1, -0.05) is 44.2 Å². The van der Waals surface area contributed by atoms with Crippen LogP contribution in [0, 0.1) is 6.92 Å². The smallest absolute Gasteiger partial charge is 0.253 e. The van der Waals surface area contributed by atoms with E-state index in [1.807, 2.05) is 25.1 Å². The Bertz CT molecular complexity index is 600. The Labute approximate surface area is 113 Å².